The third kappa shape index (κ3) is 12.4. The quantitative estimate of drug-likeness (QED) is 0.0622. The summed E-state index contributed by atoms with van der Waals surface area (Å²) in [4.78, 5) is 60.2. The van der Waals surface area contributed by atoms with E-state index in [-0.39, 0.29) is 18.9 Å². The number of rotatable bonds is 13. The van der Waals surface area contributed by atoms with Crippen LogP contribution in [0.1, 0.15) is 12.8 Å². The van der Waals surface area contributed by atoms with Gasteiger partial charge in [-0.1, -0.05) is 0 Å². The molecule has 1 unspecified atom stereocenters. The first-order valence-corrected chi connectivity index (χ1v) is 8.24. The number of amides is 3. The van der Waals surface area contributed by atoms with Gasteiger partial charge in [-0.05, 0) is 12.8 Å². The van der Waals surface area contributed by atoms with Crippen molar-refractivity contribution < 1.29 is 39.3 Å². The van der Waals surface area contributed by atoms with Gasteiger partial charge < -0.3 is 42.7 Å². The van der Waals surface area contributed by atoms with Crippen molar-refractivity contribution in [2.75, 3.05) is 19.7 Å². The summed E-state index contributed by atoms with van der Waals surface area (Å²) in [6, 6.07) is -2.73. The Morgan fingerprint density at radius 2 is 1.52 bits per heavy atom. The summed E-state index contributed by atoms with van der Waals surface area (Å²) >= 11 is 0. The van der Waals surface area contributed by atoms with Gasteiger partial charge in [-0.25, -0.2) is 9.59 Å². The Morgan fingerprint density at radius 3 is 2.03 bits per heavy atom. The number of nitrogens with zero attached hydrogens (tertiary/aromatic N) is 1. The number of nitrogens with one attached hydrogen (secondary N) is 3. The number of nitrogens with two attached hydrogens (primary N) is 2. The molecule has 0 heterocycles. The van der Waals surface area contributed by atoms with E-state index in [1.807, 2.05) is 5.32 Å². The Morgan fingerprint density at radius 1 is 0.931 bits per heavy atom. The van der Waals surface area contributed by atoms with Gasteiger partial charge in [-0.15, -0.1) is 0 Å². The molecule has 14 nitrogen and oxygen atoms in total. The maximum Gasteiger partial charge on any atom is 0.328 e. The highest BCUT2D eigenvalue weighted by atomic mass is 16.4. The van der Waals surface area contributed by atoms with Crippen molar-refractivity contribution in [1.82, 2.24) is 16.0 Å². The molecule has 0 aliphatic rings. The molecule has 0 aromatic rings. The van der Waals surface area contributed by atoms with Gasteiger partial charge in [0, 0.05) is 18.7 Å². The van der Waals surface area contributed by atoms with Crippen LogP contribution in [-0.2, 0) is 24.0 Å². The van der Waals surface area contributed by atoms with Gasteiger partial charge in [0.05, 0.1) is 13.2 Å². The highest BCUT2D eigenvalue weighted by Crippen LogP contribution is 1.99. The third-order valence-electron chi connectivity index (χ3n) is 3.19. The lowest BCUT2D eigenvalue weighted by Gasteiger charge is -2.12. The first-order chi connectivity index (χ1) is 13.6. The molecule has 0 bridgehead atoms. The summed E-state index contributed by atoms with van der Waals surface area (Å²) in [6.07, 6.45) is 1.88. The lowest BCUT2D eigenvalue weighted by Crippen LogP contribution is -2.47. The number of aliphatic hydroxyl groups excluding tert-OH is 1. The van der Waals surface area contributed by atoms with Gasteiger partial charge in [-0.2, -0.15) is 0 Å². The smallest absolute Gasteiger partial charge is 0.328 e. The van der Waals surface area contributed by atoms with Crippen molar-refractivity contribution in [2.24, 2.45) is 16.5 Å². The van der Waals surface area contributed by atoms with Crippen molar-refractivity contribution in [3.63, 3.8) is 0 Å². The Balaban J connectivity index is 4.42. The van der Waals surface area contributed by atoms with E-state index in [0.29, 0.717) is 6.42 Å². The average molecular weight is 416 g/mol. The zero-order chi connectivity index (χ0) is 22.4. The van der Waals surface area contributed by atoms with Gasteiger partial charge in [0.1, 0.15) is 12.1 Å². The molecule has 29 heavy (non-hydrogen) atoms. The van der Waals surface area contributed by atoms with Gasteiger partial charge in [-0.3, -0.25) is 19.4 Å². The molecule has 0 aliphatic carbocycles. The third-order valence-corrected chi connectivity index (χ3v) is 3.19. The standard InChI is InChI=1S/C15H24N6O8/c16-15(17)18-5-1-2-8(13(26)27)20-11(24)4-3-10(23)19-6-12(25)21-9(7-22)14(28)29/h3-4,8-9,22H,1-2,5-7H2,(H,19,23)(H,20,24)(H,21,25)(H,26,27)(H,28,29)(H4,16,17,18)/b4-3-/t8?,9-/m0/s1. The fourth-order valence-corrected chi connectivity index (χ4v) is 1.79. The van der Waals surface area contributed by atoms with Crippen LogP contribution in [0.5, 0.6) is 0 Å². The van der Waals surface area contributed by atoms with E-state index in [1.165, 1.54) is 0 Å². The summed E-state index contributed by atoms with van der Waals surface area (Å²) in [5.41, 5.74) is 10.3. The number of carboxylic acids is 2. The SMILES string of the molecule is NC(N)=NCCCC(NC(=O)/C=C\C(=O)NCC(=O)N[C@@H](CO)C(=O)O)C(=O)O. The second-order valence-electron chi connectivity index (χ2n) is 5.54. The monoisotopic (exact) mass is 416 g/mol. The Bertz CT molecular complexity index is 674. The second kappa shape index (κ2) is 13.5. The van der Waals surface area contributed by atoms with Crippen LogP contribution in [0.4, 0.5) is 0 Å². The molecule has 0 spiro atoms. The number of carbonyl (C=O) groups excluding carboxylic acids is 3. The van der Waals surface area contributed by atoms with Gasteiger partial charge in [0.25, 0.3) is 0 Å². The maximum atomic E-state index is 11.7. The lowest BCUT2D eigenvalue weighted by atomic mass is 10.1. The van der Waals surface area contributed by atoms with Crippen molar-refractivity contribution in [3.05, 3.63) is 12.2 Å². The molecule has 0 aromatic heterocycles. The molecule has 0 radical (unpaired) electrons. The number of aliphatic imine (C=N–C) groups is 1. The normalized spacial score (nSPS) is 12.4. The first-order valence-electron chi connectivity index (χ1n) is 8.24. The highest BCUT2D eigenvalue weighted by Gasteiger charge is 2.19. The topological polar surface area (TPSA) is 247 Å². The predicted octanol–water partition coefficient (Wildman–Crippen LogP) is -4.16. The molecule has 0 fully saturated rings. The van der Waals surface area contributed by atoms with Gasteiger partial charge in [0.15, 0.2) is 5.96 Å². The average Bonchev–Trinajstić information content (AvgIpc) is 2.64. The van der Waals surface area contributed by atoms with E-state index in [1.54, 1.807) is 0 Å². The molecule has 2 atom stereocenters. The molecule has 0 aliphatic heterocycles. The van der Waals surface area contributed by atoms with Crippen molar-refractivity contribution >= 4 is 35.6 Å². The zero-order valence-corrected chi connectivity index (χ0v) is 15.3. The summed E-state index contributed by atoms with van der Waals surface area (Å²) in [5.74, 6) is -5.46. The molecule has 0 saturated carbocycles. The van der Waals surface area contributed by atoms with Gasteiger partial charge >= 0.3 is 11.9 Å². The highest BCUT2D eigenvalue weighted by molar-refractivity contribution is 5.99. The maximum absolute atomic E-state index is 11.7. The minimum absolute atomic E-state index is 0.0493. The van der Waals surface area contributed by atoms with Crippen LogP contribution in [0.3, 0.4) is 0 Å². The largest absolute Gasteiger partial charge is 0.480 e. The van der Waals surface area contributed by atoms with Crippen LogP contribution < -0.4 is 27.4 Å². The van der Waals surface area contributed by atoms with E-state index in [4.69, 9.17) is 26.8 Å². The van der Waals surface area contributed by atoms with Crippen molar-refractivity contribution in [3.8, 4) is 0 Å². The molecule has 0 aromatic carbocycles. The van der Waals surface area contributed by atoms with Crippen LogP contribution >= 0.6 is 0 Å². The first kappa shape index (κ1) is 25.3. The number of aliphatic carboxylic acids is 2. The van der Waals surface area contributed by atoms with Crippen LogP contribution in [-0.4, -0.2) is 82.7 Å². The van der Waals surface area contributed by atoms with Crippen LogP contribution in [0.15, 0.2) is 17.1 Å². The number of guanidine groups is 1. The summed E-state index contributed by atoms with van der Waals surface area (Å²) in [5, 5.41) is 32.8. The minimum Gasteiger partial charge on any atom is -0.480 e. The number of carbonyl (C=O) groups is 5. The predicted molar refractivity (Wildman–Crippen MR) is 98.3 cm³/mol. The van der Waals surface area contributed by atoms with Gasteiger partial charge in [0.2, 0.25) is 17.7 Å². The zero-order valence-electron chi connectivity index (χ0n) is 15.3. The summed E-state index contributed by atoms with van der Waals surface area (Å²) in [7, 11) is 0. The fourth-order valence-electron chi connectivity index (χ4n) is 1.79. The Hall–Kier alpha value is -3.68. The van der Waals surface area contributed by atoms with E-state index in [9.17, 15) is 24.0 Å². The molecular formula is C15H24N6O8. The lowest BCUT2D eigenvalue weighted by molar-refractivity contribution is -0.143. The van der Waals surface area contributed by atoms with Crippen LogP contribution in [0, 0.1) is 0 Å². The molecule has 10 N–H and O–H groups in total. The molecule has 0 saturated heterocycles. The molecule has 0 rings (SSSR count). The summed E-state index contributed by atoms with van der Waals surface area (Å²) in [6.45, 7) is -1.25. The minimum atomic E-state index is -1.51. The van der Waals surface area contributed by atoms with E-state index in [2.05, 4.69) is 15.6 Å². The Kier molecular flexibility index (Phi) is 11.8. The molecule has 162 valence electrons. The number of hydrogen-bond acceptors (Lipinski definition) is 7. The molecule has 3 amide bonds. The Labute approximate surface area is 165 Å². The number of aliphatic hydroxyl groups is 1. The molecule has 14 heteroatoms. The second-order valence-corrected chi connectivity index (χ2v) is 5.54. The van der Waals surface area contributed by atoms with Crippen LogP contribution in [0.25, 0.3) is 0 Å². The van der Waals surface area contributed by atoms with Crippen LogP contribution in [0.2, 0.25) is 0 Å². The van der Waals surface area contributed by atoms with Crippen molar-refractivity contribution in [1.29, 1.82) is 0 Å². The summed E-state index contributed by atoms with van der Waals surface area (Å²) < 4.78 is 0. The van der Waals surface area contributed by atoms with E-state index in [0.717, 1.165) is 12.2 Å². The number of hydrogen-bond donors (Lipinski definition) is 8. The fraction of sp³-hybridized carbons (Fsp3) is 0.467. The number of carboxylic acid groups (broad SMARTS) is 2. The van der Waals surface area contributed by atoms with E-state index < -0.39 is 54.9 Å². The molecular weight excluding hydrogens is 392 g/mol. The van der Waals surface area contributed by atoms with E-state index >= 15 is 0 Å². The van der Waals surface area contributed by atoms with Crippen molar-refractivity contribution in [2.45, 2.75) is 24.9 Å².